The standard InChI is InChI=1S/C38H56Cl2O5/c1-7-11-13-17-29(5)31-19-15-25-37(39,33(31)21-23-35(41)44-9-3)27-43-28-38(40)26-16-20-32(30(6)18-14-12-8-2)34(38)22-24-36(42)45-10-4/h15-16,19-20H,5-14,17-18,21-28H2,1-4H3. The SMILES string of the molecule is C=C(CCCCC)C1=C(CCC(=O)OCC)C(Cl)(COCC2(Cl)CC=CC(C(=C)CCCCC)=C2CCC(=O)OCC)CC=C1. The molecular formula is C38H56Cl2O5. The molecular weight excluding hydrogens is 607 g/mol. The summed E-state index contributed by atoms with van der Waals surface area (Å²) in [6, 6.07) is 0. The zero-order valence-corrected chi connectivity index (χ0v) is 29.8. The molecule has 2 atom stereocenters. The van der Waals surface area contributed by atoms with Gasteiger partial charge in [0.05, 0.1) is 36.2 Å². The van der Waals surface area contributed by atoms with E-state index in [4.69, 9.17) is 37.4 Å². The van der Waals surface area contributed by atoms with E-state index in [1.54, 1.807) is 0 Å². The second-order valence-electron chi connectivity index (χ2n) is 12.2. The quantitative estimate of drug-likeness (QED) is 0.0655. The van der Waals surface area contributed by atoms with Crippen molar-refractivity contribution >= 4 is 35.1 Å². The van der Waals surface area contributed by atoms with Crippen LogP contribution in [0.15, 0.2) is 70.9 Å². The molecule has 0 heterocycles. The van der Waals surface area contributed by atoms with Gasteiger partial charge < -0.3 is 14.2 Å². The molecule has 0 spiro atoms. The van der Waals surface area contributed by atoms with Crippen LogP contribution in [0.2, 0.25) is 0 Å². The Hall–Kier alpha value is -2.08. The van der Waals surface area contributed by atoms with Crippen LogP contribution in [0.3, 0.4) is 0 Å². The lowest BCUT2D eigenvalue weighted by Crippen LogP contribution is -2.38. The monoisotopic (exact) mass is 662 g/mol. The van der Waals surface area contributed by atoms with Gasteiger partial charge in [0.15, 0.2) is 0 Å². The Balaban J connectivity index is 2.32. The number of allylic oxidation sites excluding steroid dienone is 8. The lowest BCUT2D eigenvalue weighted by atomic mass is 9.80. The summed E-state index contributed by atoms with van der Waals surface area (Å²) in [5, 5.41) is 0. The van der Waals surface area contributed by atoms with Crippen LogP contribution in [-0.4, -0.2) is 48.1 Å². The fraction of sp³-hybridized carbons (Fsp3) is 0.632. The Morgan fingerprint density at radius 2 is 1.09 bits per heavy atom. The van der Waals surface area contributed by atoms with Crippen LogP contribution < -0.4 is 0 Å². The van der Waals surface area contributed by atoms with Crippen molar-refractivity contribution in [3.63, 3.8) is 0 Å². The maximum atomic E-state index is 12.4. The first kappa shape index (κ1) is 39.1. The van der Waals surface area contributed by atoms with E-state index in [1.165, 1.54) is 0 Å². The molecule has 0 aliphatic heterocycles. The van der Waals surface area contributed by atoms with Gasteiger partial charge in [-0.15, -0.1) is 23.2 Å². The topological polar surface area (TPSA) is 61.8 Å². The zero-order chi connectivity index (χ0) is 33.3. The number of unbranched alkanes of at least 4 members (excludes halogenated alkanes) is 4. The highest BCUT2D eigenvalue weighted by atomic mass is 35.5. The van der Waals surface area contributed by atoms with E-state index < -0.39 is 9.75 Å². The molecule has 0 saturated heterocycles. The van der Waals surface area contributed by atoms with E-state index >= 15 is 0 Å². The number of rotatable bonds is 22. The van der Waals surface area contributed by atoms with Crippen LogP contribution in [0.5, 0.6) is 0 Å². The molecule has 0 bridgehead atoms. The largest absolute Gasteiger partial charge is 0.466 e. The number of carbonyl (C=O) groups is 2. The number of hydrogen-bond acceptors (Lipinski definition) is 5. The Kier molecular flexibility index (Phi) is 17.6. The molecule has 5 nitrogen and oxygen atoms in total. The fourth-order valence-electron chi connectivity index (χ4n) is 6.07. The normalized spacial score (nSPS) is 21.3. The third-order valence-corrected chi connectivity index (χ3v) is 9.52. The molecule has 7 heteroatoms. The Labute approximate surface area is 282 Å². The molecule has 0 aromatic carbocycles. The maximum absolute atomic E-state index is 12.4. The van der Waals surface area contributed by atoms with Crippen LogP contribution in [0.25, 0.3) is 0 Å². The molecule has 45 heavy (non-hydrogen) atoms. The van der Waals surface area contributed by atoms with Crippen molar-refractivity contribution in [3.8, 4) is 0 Å². The van der Waals surface area contributed by atoms with Crippen molar-refractivity contribution in [1.29, 1.82) is 0 Å². The number of alkyl halides is 2. The van der Waals surface area contributed by atoms with Gasteiger partial charge in [0, 0.05) is 12.8 Å². The predicted molar refractivity (Wildman–Crippen MR) is 188 cm³/mol. The fourth-order valence-corrected chi connectivity index (χ4v) is 6.80. The number of hydrogen-bond donors (Lipinski definition) is 0. The van der Waals surface area contributed by atoms with Crippen LogP contribution in [0, 0.1) is 0 Å². The van der Waals surface area contributed by atoms with Crippen molar-refractivity contribution in [3.05, 3.63) is 70.9 Å². The third kappa shape index (κ3) is 12.2. The van der Waals surface area contributed by atoms with E-state index in [-0.39, 0.29) is 38.0 Å². The number of halogens is 2. The van der Waals surface area contributed by atoms with Crippen LogP contribution >= 0.6 is 23.2 Å². The first-order valence-electron chi connectivity index (χ1n) is 17.0. The minimum atomic E-state index is -0.844. The van der Waals surface area contributed by atoms with Gasteiger partial charge in [0.2, 0.25) is 0 Å². The average molecular weight is 664 g/mol. The molecule has 0 amide bonds. The van der Waals surface area contributed by atoms with Gasteiger partial charge in [-0.1, -0.05) is 77.0 Å². The summed E-state index contributed by atoms with van der Waals surface area (Å²) < 4.78 is 16.9. The highest BCUT2D eigenvalue weighted by Gasteiger charge is 2.39. The molecule has 2 aliphatic rings. The molecule has 0 radical (unpaired) electrons. The predicted octanol–water partition coefficient (Wildman–Crippen LogP) is 10.4. The van der Waals surface area contributed by atoms with Crippen LogP contribution in [0.4, 0.5) is 0 Å². The highest BCUT2D eigenvalue weighted by Crippen LogP contribution is 2.44. The van der Waals surface area contributed by atoms with Gasteiger partial charge in [0.1, 0.15) is 0 Å². The maximum Gasteiger partial charge on any atom is 0.306 e. The smallest absolute Gasteiger partial charge is 0.306 e. The average Bonchev–Trinajstić information content (AvgIpc) is 3.00. The van der Waals surface area contributed by atoms with Gasteiger partial charge in [-0.3, -0.25) is 9.59 Å². The third-order valence-electron chi connectivity index (χ3n) is 8.54. The summed E-state index contributed by atoms with van der Waals surface area (Å²) in [6.07, 6.45) is 19.3. The van der Waals surface area contributed by atoms with Gasteiger partial charge in [-0.2, -0.15) is 0 Å². The van der Waals surface area contributed by atoms with Gasteiger partial charge in [-0.25, -0.2) is 0 Å². The summed E-state index contributed by atoms with van der Waals surface area (Å²) in [4.78, 5) is 23.1. The van der Waals surface area contributed by atoms with Crippen molar-refractivity contribution < 1.29 is 23.8 Å². The minimum absolute atomic E-state index is 0.221. The summed E-state index contributed by atoms with van der Waals surface area (Å²) in [7, 11) is 0. The number of ether oxygens (including phenoxy) is 3. The number of esters is 2. The summed E-state index contributed by atoms with van der Waals surface area (Å²) in [5.41, 5.74) is 6.03. The van der Waals surface area contributed by atoms with Crippen molar-refractivity contribution in [2.24, 2.45) is 0 Å². The van der Waals surface area contributed by atoms with Gasteiger partial charge in [-0.05, 0) is 98.7 Å². The molecule has 252 valence electrons. The molecule has 0 saturated carbocycles. The molecule has 0 N–H and O–H groups in total. The molecule has 0 aromatic heterocycles. The zero-order valence-electron chi connectivity index (χ0n) is 28.2. The first-order chi connectivity index (χ1) is 21.5. The Morgan fingerprint density at radius 3 is 1.44 bits per heavy atom. The van der Waals surface area contributed by atoms with Crippen LogP contribution in [-0.2, 0) is 23.8 Å². The van der Waals surface area contributed by atoms with Crippen molar-refractivity contribution in [2.45, 2.75) is 127 Å². The van der Waals surface area contributed by atoms with E-state index in [9.17, 15) is 9.59 Å². The van der Waals surface area contributed by atoms with E-state index in [2.05, 4.69) is 51.3 Å². The van der Waals surface area contributed by atoms with E-state index in [1.807, 2.05) is 13.8 Å². The Morgan fingerprint density at radius 1 is 0.689 bits per heavy atom. The van der Waals surface area contributed by atoms with Crippen molar-refractivity contribution in [1.82, 2.24) is 0 Å². The van der Waals surface area contributed by atoms with Gasteiger partial charge >= 0.3 is 11.9 Å². The second-order valence-corrected chi connectivity index (χ2v) is 13.6. The molecule has 2 unspecified atom stereocenters. The van der Waals surface area contributed by atoms with Gasteiger partial charge in [0.25, 0.3) is 0 Å². The second kappa shape index (κ2) is 20.2. The highest BCUT2D eigenvalue weighted by molar-refractivity contribution is 6.27. The molecule has 2 aliphatic carbocycles. The first-order valence-corrected chi connectivity index (χ1v) is 17.7. The molecule has 2 rings (SSSR count). The molecule has 0 fully saturated rings. The van der Waals surface area contributed by atoms with Crippen LogP contribution in [0.1, 0.15) is 118 Å². The Bertz CT molecular complexity index is 1060. The number of carbonyl (C=O) groups excluding carboxylic acids is 2. The summed E-state index contributed by atoms with van der Waals surface area (Å²) >= 11 is 14.8. The van der Waals surface area contributed by atoms with E-state index in [0.717, 1.165) is 84.8 Å². The lowest BCUT2D eigenvalue weighted by Gasteiger charge is -2.37. The molecule has 0 aromatic rings. The summed E-state index contributed by atoms with van der Waals surface area (Å²) in [6.45, 7) is 17.9. The minimum Gasteiger partial charge on any atom is -0.466 e. The van der Waals surface area contributed by atoms with Crippen molar-refractivity contribution in [2.75, 3.05) is 26.4 Å². The lowest BCUT2D eigenvalue weighted by molar-refractivity contribution is -0.144. The summed E-state index contributed by atoms with van der Waals surface area (Å²) in [5.74, 6) is -0.487. The van der Waals surface area contributed by atoms with E-state index in [0.29, 0.717) is 38.9 Å².